The first-order valence-corrected chi connectivity index (χ1v) is 10.8. The number of methoxy groups -OCH3 is 1. The Labute approximate surface area is 188 Å². The predicted octanol–water partition coefficient (Wildman–Crippen LogP) is 4.29. The van der Waals surface area contributed by atoms with Crippen LogP contribution in [0.5, 0.6) is 5.75 Å². The molecule has 4 rings (SSSR count). The smallest absolute Gasteiger partial charge is 0.246 e. The maximum absolute atomic E-state index is 13.1. The fourth-order valence-electron chi connectivity index (χ4n) is 3.86. The van der Waals surface area contributed by atoms with Gasteiger partial charge in [-0.1, -0.05) is 48.5 Å². The number of rotatable bonds is 8. The number of anilines is 2. The van der Waals surface area contributed by atoms with Gasteiger partial charge in [0.15, 0.2) is 0 Å². The van der Waals surface area contributed by atoms with Crippen LogP contribution in [0.15, 0.2) is 78.9 Å². The minimum Gasteiger partial charge on any atom is -0.497 e. The van der Waals surface area contributed by atoms with Crippen LogP contribution < -0.4 is 20.3 Å². The Bertz CT molecular complexity index is 1070. The molecule has 6 nitrogen and oxygen atoms in total. The highest BCUT2D eigenvalue weighted by Crippen LogP contribution is 2.23. The molecule has 2 N–H and O–H groups in total. The van der Waals surface area contributed by atoms with E-state index in [0.29, 0.717) is 24.4 Å². The third kappa shape index (κ3) is 5.15. The molecule has 1 aliphatic rings. The van der Waals surface area contributed by atoms with E-state index in [2.05, 4.69) is 10.6 Å². The van der Waals surface area contributed by atoms with Crippen LogP contribution in [0.25, 0.3) is 0 Å². The molecule has 0 saturated carbocycles. The van der Waals surface area contributed by atoms with Crippen molar-refractivity contribution < 1.29 is 14.3 Å². The highest BCUT2D eigenvalue weighted by Gasteiger charge is 2.22. The number of nitrogens with zero attached hydrogens (tertiary/aromatic N) is 1. The maximum Gasteiger partial charge on any atom is 0.246 e. The number of carbonyl (C=O) groups excluding carboxylic acids is 2. The van der Waals surface area contributed by atoms with Gasteiger partial charge in [-0.3, -0.25) is 14.9 Å². The van der Waals surface area contributed by atoms with E-state index in [1.165, 1.54) is 0 Å². The van der Waals surface area contributed by atoms with Crippen LogP contribution in [-0.2, 0) is 16.1 Å². The highest BCUT2D eigenvalue weighted by molar-refractivity contribution is 5.96. The topological polar surface area (TPSA) is 70.7 Å². The monoisotopic (exact) mass is 429 g/mol. The first-order valence-electron chi connectivity index (χ1n) is 10.8. The lowest BCUT2D eigenvalue weighted by molar-refractivity contribution is -0.118. The van der Waals surface area contributed by atoms with E-state index in [0.717, 1.165) is 29.8 Å². The van der Waals surface area contributed by atoms with E-state index < -0.39 is 6.04 Å². The van der Waals surface area contributed by atoms with Crippen LogP contribution >= 0.6 is 0 Å². The van der Waals surface area contributed by atoms with Gasteiger partial charge in [-0.15, -0.1) is 0 Å². The molecular formula is C26H27N3O3. The summed E-state index contributed by atoms with van der Waals surface area (Å²) in [5.41, 5.74) is 3.52. The molecule has 0 unspecified atom stereocenters. The fraction of sp³-hybridized carbons (Fsp3) is 0.231. The molecule has 3 aromatic carbocycles. The lowest BCUT2D eigenvalue weighted by Crippen LogP contribution is -2.32. The van der Waals surface area contributed by atoms with Gasteiger partial charge in [0, 0.05) is 37.0 Å². The van der Waals surface area contributed by atoms with E-state index >= 15 is 0 Å². The van der Waals surface area contributed by atoms with Crippen molar-refractivity contribution >= 4 is 23.2 Å². The second kappa shape index (κ2) is 10.1. The van der Waals surface area contributed by atoms with Crippen molar-refractivity contribution in [3.05, 3.63) is 90.0 Å². The minimum absolute atomic E-state index is 0.149. The van der Waals surface area contributed by atoms with Gasteiger partial charge in [0.05, 0.1) is 7.11 Å². The van der Waals surface area contributed by atoms with Crippen molar-refractivity contribution in [1.82, 2.24) is 5.32 Å². The SMILES string of the molecule is COc1cccc(NC(=O)[C@H](NCc2ccc(N3CCCC3=O)cc2)c2ccccc2)c1. The molecule has 1 aliphatic heterocycles. The molecule has 0 bridgehead atoms. The van der Waals surface area contributed by atoms with Crippen molar-refractivity contribution in [2.75, 3.05) is 23.9 Å². The quantitative estimate of drug-likeness (QED) is 0.560. The Kier molecular flexibility index (Phi) is 6.82. The van der Waals surface area contributed by atoms with Crippen LogP contribution in [0.1, 0.15) is 30.0 Å². The largest absolute Gasteiger partial charge is 0.497 e. The molecule has 1 atom stereocenters. The molecule has 1 fully saturated rings. The van der Waals surface area contributed by atoms with Crippen molar-refractivity contribution in [1.29, 1.82) is 0 Å². The number of nitrogens with one attached hydrogen (secondary N) is 2. The van der Waals surface area contributed by atoms with Crippen molar-refractivity contribution in [3.63, 3.8) is 0 Å². The number of hydrogen-bond acceptors (Lipinski definition) is 4. The first kappa shape index (κ1) is 21.6. The Morgan fingerprint density at radius 2 is 1.81 bits per heavy atom. The third-order valence-corrected chi connectivity index (χ3v) is 5.56. The molecule has 32 heavy (non-hydrogen) atoms. The minimum atomic E-state index is -0.526. The zero-order valence-electron chi connectivity index (χ0n) is 18.1. The van der Waals surface area contributed by atoms with E-state index in [1.807, 2.05) is 77.7 Å². The molecule has 1 heterocycles. The van der Waals surface area contributed by atoms with Gasteiger partial charge in [0.25, 0.3) is 0 Å². The van der Waals surface area contributed by atoms with E-state index in [4.69, 9.17) is 4.74 Å². The number of ether oxygens (including phenoxy) is 1. The lowest BCUT2D eigenvalue weighted by atomic mass is 10.1. The van der Waals surface area contributed by atoms with Crippen molar-refractivity contribution in [2.45, 2.75) is 25.4 Å². The van der Waals surface area contributed by atoms with Gasteiger partial charge in [-0.25, -0.2) is 0 Å². The first-order chi connectivity index (χ1) is 15.6. The van der Waals surface area contributed by atoms with Crippen LogP contribution in [0, 0.1) is 0 Å². The Balaban J connectivity index is 1.46. The van der Waals surface area contributed by atoms with Gasteiger partial charge < -0.3 is 15.0 Å². The van der Waals surface area contributed by atoms with Crippen LogP contribution in [0.4, 0.5) is 11.4 Å². The molecule has 164 valence electrons. The van der Waals surface area contributed by atoms with E-state index in [1.54, 1.807) is 13.2 Å². The van der Waals surface area contributed by atoms with Crippen LogP contribution in [-0.4, -0.2) is 25.5 Å². The third-order valence-electron chi connectivity index (χ3n) is 5.56. The van der Waals surface area contributed by atoms with Gasteiger partial charge in [-0.05, 0) is 41.8 Å². The normalized spacial score (nSPS) is 14.3. The molecular weight excluding hydrogens is 402 g/mol. The van der Waals surface area contributed by atoms with Gasteiger partial charge in [0.1, 0.15) is 11.8 Å². The highest BCUT2D eigenvalue weighted by atomic mass is 16.5. The molecule has 3 aromatic rings. The summed E-state index contributed by atoms with van der Waals surface area (Å²) in [4.78, 5) is 26.9. The average molecular weight is 430 g/mol. The van der Waals surface area contributed by atoms with Gasteiger partial charge in [-0.2, -0.15) is 0 Å². The molecule has 1 saturated heterocycles. The van der Waals surface area contributed by atoms with E-state index in [-0.39, 0.29) is 11.8 Å². The second-order valence-corrected chi connectivity index (χ2v) is 7.76. The molecule has 2 amide bonds. The Morgan fingerprint density at radius 3 is 2.50 bits per heavy atom. The Hall–Kier alpha value is -3.64. The van der Waals surface area contributed by atoms with E-state index in [9.17, 15) is 9.59 Å². The molecule has 0 aliphatic carbocycles. The van der Waals surface area contributed by atoms with Crippen LogP contribution in [0.2, 0.25) is 0 Å². The Morgan fingerprint density at radius 1 is 1.03 bits per heavy atom. The maximum atomic E-state index is 13.1. The number of carbonyl (C=O) groups is 2. The molecule has 0 radical (unpaired) electrons. The average Bonchev–Trinajstić information content (AvgIpc) is 3.26. The summed E-state index contributed by atoms with van der Waals surface area (Å²) >= 11 is 0. The molecule has 0 spiro atoms. The summed E-state index contributed by atoms with van der Waals surface area (Å²) in [6, 6.07) is 24.3. The van der Waals surface area contributed by atoms with Crippen molar-refractivity contribution in [2.24, 2.45) is 0 Å². The lowest BCUT2D eigenvalue weighted by Gasteiger charge is -2.20. The number of amides is 2. The molecule has 6 heteroatoms. The summed E-state index contributed by atoms with van der Waals surface area (Å²) in [7, 11) is 1.60. The zero-order valence-corrected chi connectivity index (χ0v) is 18.1. The van der Waals surface area contributed by atoms with Crippen LogP contribution in [0.3, 0.4) is 0 Å². The summed E-state index contributed by atoms with van der Waals surface area (Å²) in [5.74, 6) is 0.710. The van der Waals surface area contributed by atoms with Gasteiger partial charge in [0.2, 0.25) is 11.8 Å². The van der Waals surface area contributed by atoms with Gasteiger partial charge >= 0.3 is 0 Å². The zero-order chi connectivity index (χ0) is 22.3. The molecule has 0 aromatic heterocycles. The number of hydrogen-bond donors (Lipinski definition) is 2. The second-order valence-electron chi connectivity index (χ2n) is 7.76. The standard InChI is InChI=1S/C26H27N3O3/c1-32-23-10-5-9-21(17-23)28-26(31)25(20-7-3-2-4-8-20)27-18-19-12-14-22(15-13-19)29-16-6-11-24(29)30/h2-5,7-10,12-15,17,25,27H,6,11,16,18H2,1H3,(H,28,31)/t25-/m1/s1. The number of benzene rings is 3. The summed E-state index contributed by atoms with van der Waals surface area (Å²) < 4.78 is 5.25. The summed E-state index contributed by atoms with van der Waals surface area (Å²) in [6.07, 6.45) is 1.52. The van der Waals surface area contributed by atoms with Crippen molar-refractivity contribution in [3.8, 4) is 5.75 Å². The summed E-state index contributed by atoms with van der Waals surface area (Å²) in [6.45, 7) is 1.29. The summed E-state index contributed by atoms with van der Waals surface area (Å²) in [5, 5.41) is 6.35. The predicted molar refractivity (Wildman–Crippen MR) is 126 cm³/mol. The fourth-order valence-corrected chi connectivity index (χ4v) is 3.86.